The lowest BCUT2D eigenvalue weighted by Gasteiger charge is -2.14. The van der Waals surface area contributed by atoms with Gasteiger partial charge in [0.05, 0.1) is 5.92 Å². The first-order chi connectivity index (χ1) is 13.4. The molecule has 0 heterocycles. The molecule has 0 aromatic heterocycles. The quantitative estimate of drug-likeness (QED) is 0.298. The number of hydrogen-bond acceptors (Lipinski definition) is 6. The first-order valence-corrected chi connectivity index (χ1v) is 9.35. The SMILES string of the molecule is C[C@H](C(=O)OC(=O)[C@H](N)CCCCN)c1cccc(C(=O)c2ccccc2)c1. The molecule has 148 valence electrons. The highest BCUT2D eigenvalue weighted by Gasteiger charge is 2.24. The van der Waals surface area contributed by atoms with Crippen molar-refractivity contribution in [3.63, 3.8) is 0 Å². The van der Waals surface area contributed by atoms with Crippen LogP contribution in [0.5, 0.6) is 0 Å². The Balaban J connectivity index is 2.03. The number of ketones is 1. The van der Waals surface area contributed by atoms with Gasteiger partial charge in [-0.05, 0) is 37.9 Å². The second-order valence-electron chi connectivity index (χ2n) is 6.67. The number of hydrogen-bond donors (Lipinski definition) is 2. The highest BCUT2D eigenvalue weighted by atomic mass is 16.6. The monoisotopic (exact) mass is 382 g/mol. The number of unbranched alkanes of at least 4 members (excludes halogenated alkanes) is 1. The molecule has 0 bridgehead atoms. The van der Waals surface area contributed by atoms with Crippen molar-refractivity contribution in [2.75, 3.05) is 6.54 Å². The Kier molecular flexibility index (Phi) is 8.04. The van der Waals surface area contributed by atoms with Crippen LogP contribution >= 0.6 is 0 Å². The highest BCUT2D eigenvalue weighted by Crippen LogP contribution is 2.20. The average molecular weight is 382 g/mol. The van der Waals surface area contributed by atoms with Gasteiger partial charge in [-0.3, -0.25) is 9.59 Å². The third kappa shape index (κ3) is 5.84. The average Bonchev–Trinajstić information content (AvgIpc) is 2.73. The molecular formula is C22H26N2O4. The van der Waals surface area contributed by atoms with Crippen LogP contribution in [0.3, 0.4) is 0 Å². The van der Waals surface area contributed by atoms with Crippen molar-refractivity contribution >= 4 is 17.7 Å². The number of nitrogens with two attached hydrogens (primary N) is 2. The Labute approximate surface area is 164 Å². The fourth-order valence-electron chi connectivity index (χ4n) is 2.73. The van der Waals surface area contributed by atoms with E-state index in [1.54, 1.807) is 55.5 Å². The molecule has 2 atom stereocenters. The molecule has 6 heteroatoms. The third-order valence-corrected chi connectivity index (χ3v) is 4.51. The standard InChI is InChI=1S/C22H26N2O4/c1-15(21(26)28-22(27)19(24)12-5-6-13-23)17-10-7-11-18(14-17)20(25)16-8-3-2-4-9-16/h2-4,7-11,14-15,19H,5-6,12-13,23-24H2,1H3/t15-,19+/m0/s1. The lowest BCUT2D eigenvalue weighted by molar-refractivity contribution is -0.161. The molecule has 0 aliphatic carbocycles. The summed E-state index contributed by atoms with van der Waals surface area (Å²) in [6.45, 7) is 2.15. The van der Waals surface area contributed by atoms with Gasteiger partial charge < -0.3 is 16.2 Å². The zero-order valence-electron chi connectivity index (χ0n) is 16.0. The summed E-state index contributed by atoms with van der Waals surface area (Å²) in [7, 11) is 0. The minimum absolute atomic E-state index is 0.138. The summed E-state index contributed by atoms with van der Waals surface area (Å²) in [6, 6.07) is 14.8. The van der Waals surface area contributed by atoms with E-state index in [1.165, 1.54) is 0 Å². The molecule has 28 heavy (non-hydrogen) atoms. The Bertz CT molecular complexity index is 820. The van der Waals surface area contributed by atoms with Crippen molar-refractivity contribution in [3.8, 4) is 0 Å². The lowest BCUT2D eigenvalue weighted by atomic mass is 9.96. The minimum Gasteiger partial charge on any atom is -0.392 e. The molecule has 2 aromatic rings. The molecule has 2 rings (SSSR count). The van der Waals surface area contributed by atoms with E-state index >= 15 is 0 Å². The number of benzene rings is 2. The molecule has 0 unspecified atom stereocenters. The number of carbonyl (C=O) groups is 3. The van der Waals surface area contributed by atoms with Crippen LogP contribution < -0.4 is 11.5 Å². The van der Waals surface area contributed by atoms with Crippen molar-refractivity contribution in [3.05, 3.63) is 71.3 Å². The zero-order valence-corrected chi connectivity index (χ0v) is 16.0. The van der Waals surface area contributed by atoms with E-state index in [4.69, 9.17) is 16.2 Å². The summed E-state index contributed by atoms with van der Waals surface area (Å²) in [5, 5.41) is 0. The van der Waals surface area contributed by atoms with E-state index in [2.05, 4.69) is 0 Å². The Hall–Kier alpha value is -2.83. The van der Waals surface area contributed by atoms with Gasteiger partial charge in [0.25, 0.3) is 0 Å². The fraction of sp³-hybridized carbons (Fsp3) is 0.318. The summed E-state index contributed by atoms with van der Waals surface area (Å²) >= 11 is 0. The second kappa shape index (κ2) is 10.5. The molecule has 0 aliphatic rings. The number of esters is 2. The molecule has 4 N–H and O–H groups in total. The van der Waals surface area contributed by atoms with Crippen molar-refractivity contribution in [1.29, 1.82) is 0 Å². The normalized spacial score (nSPS) is 12.8. The van der Waals surface area contributed by atoms with Gasteiger partial charge in [0, 0.05) is 11.1 Å². The van der Waals surface area contributed by atoms with Gasteiger partial charge in [0.15, 0.2) is 5.78 Å². The van der Waals surface area contributed by atoms with Crippen molar-refractivity contribution < 1.29 is 19.1 Å². The molecule has 0 amide bonds. The molecule has 0 aliphatic heterocycles. The van der Waals surface area contributed by atoms with Crippen LogP contribution in [0.15, 0.2) is 54.6 Å². The van der Waals surface area contributed by atoms with Crippen molar-refractivity contribution in [1.82, 2.24) is 0 Å². The van der Waals surface area contributed by atoms with Crippen LogP contribution in [-0.4, -0.2) is 30.3 Å². The Morgan fingerprint density at radius 2 is 1.61 bits per heavy atom. The summed E-state index contributed by atoms with van der Waals surface area (Å²) < 4.78 is 4.93. The predicted molar refractivity (Wildman–Crippen MR) is 107 cm³/mol. The summed E-state index contributed by atoms with van der Waals surface area (Å²) in [5.74, 6) is -2.28. The number of ether oxygens (including phenoxy) is 1. The maximum atomic E-state index is 12.6. The van der Waals surface area contributed by atoms with E-state index in [9.17, 15) is 14.4 Å². The molecule has 0 fully saturated rings. The van der Waals surface area contributed by atoms with E-state index in [1.807, 2.05) is 6.07 Å². The predicted octanol–water partition coefficient (Wildman–Crippen LogP) is 2.55. The topological polar surface area (TPSA) is 112 Å². The summed E-state index contributed by atoms with van der Waals surface area (Å²) in [4.78, 5) is 36.9. The smallest absolute Gasteiger partial charge is 0.330 e. The minimum atomic E-state index is -0.853. The molecule has 0 saturated carbocycles. The van der Waals surface area contributed by atoms with Crippen LogP contribution in [0.2, 0.25) is 0 Å². The first kappa shape index (κ1) is 21.5. The fourth-order valence-corrected chi connectivity index (χ4v) is 2.73. The lowest BCUT2D eigenvalue weighted by Crippen LogP contribution is -2.34. The van der Waals surface area contributed by atoms with Gasteiger partial charge in [0.2, 0.25) is 0 Å². The van der Waals surface area contributed by atoms with Gasteiger partial charge in [-0.2, -0.15) is 0 Å². The molecule has 0 saturated heterocycles. The molecule has 6 nitrogen and oxygen atoms in total. The summed E-state index contributed by atoms with van der Waals surface area (Å²) in [5.41, 5.74) is 12.8. The van der Waals surface area contributed by atoms with Gasteiger partial charge in [-0.25, -0.2) is 4.79 Å². The molecular weight excluding hydrogens is 356 g/mol. The molecule has 0 spiro atoms. The Morgan fingerprint density at radius 1 is 0.929 bits per heavy atom. The van der Waals surface area contributed by atoms with E-state index in [-0.39, 0.29) is 5.78 Å². The zero-order chi connectivity index (χ0) is 20.5. The maximum absolute atomic E-state index is 12.6. The van der Waals surface area contributed by atoms with Crippen LogP contribution in [0.4, 0.5) is 0 Å². The van der Waals surface area contributed by atoms with Gasteiger partial charge in [-0.1, -0.05) is 55.0 Å². The second-order valence-corrected chi connectivity index (χ2v) is 6.67. The van der Waals surface area contributed by atoms with Crippen LogP contribution in [-0.2, 0) is 14.3 Å². The largest absolute Gasteiger partial charge is 0.392 e. The van der Waals surface area contributed by atoms with Gasteiger partial charge >= 0.3 is 11.9 Å². The number of rotatable bonds is 9. The van der Waals surface area contributed by atoms with E-state index < -0.39 is 23.9 Å². The molecule has 0 radical (unpaired) electrons. The number of carbonyl (C=O) groups excluding carboxylic acids is 3. The highest BCUT2D eigenvalue weighted by molar-refractivity contribution is 6.09. The third-order valence-electron chi connectivity index (χ3n) is 4.51. The maximum Gasteiger partial charge on any atom is 0.330 e. The van der Waals surface area contributed by atoms with Crippen LogP contribution in [0, 0.1) is 0 Å². The van der Waals surface area contributed by atoms with Crippen molar-refractivity contribution in [2.24, 2.45) is 11.5 Å². The molecule has 2 aromatic carbocycles. The van der Waals surface area contributed by atoms with Gasteiger partial charge in [-0.15, -0.1) is 0 Å². The van der Waals surface area contributed by atoms with Crippen LogP contribution in [0.25, 0.3) is 0 Å². The van der Waals surface area contributed by atoms with Gasteiger partial charge in [0.1, 0.15) is 6.04 Å². The van der Waals surface area contributed by atoms with Crippen molar-refractivity contribution in [2.45, 2.75) is 38.1 Å². The van der Waals surface area contributed by atoms with E-state index in [0.717, 1.165) is 6.42 Å². The summed E-state index contributed by atoms with van der Waals surface area (Å²) in [6.07, 6.45) is 1.87. The van der Waals surface area contributed by atoms with Crippen LogP contribution in [0.1, 0.15) is 53.6 Å². The first-order valence-electron chi connectivity index (χ1n) is 9.35. The Morgan fingerprint density at radius 3 is 2.29 bits per heavy atom. The van der Waals surface area contributed by atoms with E-state index in [0.29, 0.717) is 36.1 Å².